The third-order valence-electron chi connectivity index (χ3n) is 4.15. The molecule has 0 aromatic heterocycles. The van der Waals surface area contributed by atoms with Crippen molar-refractivity contribution >= 4 is 33.2 Å². The number of sulfonamides is 1. The molecule has 0 spiro atoms. The molecular weight excluding hydrogens is 374 g/mol. The summed E-state index contributed by atoms with van der Waals surface area (Å²) in [7, 11) is -2.49. The third kappa shape index (κ3) is 3.10. The van der Waals surface area contributed by atoms with Crippen molar-refractivity contribution in [2.45, 2.75) is 11.8 Å². The van der Waals surface area contributed by atoms with E-state index >= 15 is 0 Å². The van der Waals surface area contributed by atoms with Crippen molar-refractivity contribution < 1.29 is 17.9 Å². The largest absolute Gasteiger partial charge is 0.489 e. The van der Waals surface area contributed by atoms with E-state index in [4.69, 9.17) is 16.3 Å². The number of likely N-dealkylation sites (N-methyl/N-ethyl adjacent to an activating group) is 1. The quantitative estimate of drug-likeness (QED) is 0.578. The molecule has 3 rings (SSSR count). The fourth-order valence-electron chi connectivity index (χ4n) is 2.79. The van der Waals surface area contributed by atoms with Crippen molar-refractivity contribution in [3.63, 3.8) is 0 Å². The van der Waals surface area contributed by atoms with E-state index in [0.717, 1.165) is 9.87 Å². The highest BCUT2D eigenvalue weighted by atomic mass is 35.5. The lowest BCUT2D eigenvalue weighted by atomic mass is 10.0. The highest BCUT2D eigenvalue weighted by Crippen LogP contribution is 2.37. The summed E-state index contributed by atoms with van der Waals surface area (Å²) >= 11 is 5.74. The van der Waals surface area contributed by atoms with Gasteiger partial charge >= 0.3 is 0 Å². The molecule has 2 aromatic rings. The molecule has 0 unspecified atom stereocenters. The summed E-state index contributed by atoms with van der Waals surface area (Å²) in [5.74, 6) is 0.0213. The molecule has 1 heterocycles. The molecule has 5 nitrogen and oxygen atoms in total. The van der Waals surface area contributed by atoms with Crippen molar-refractivity contribution in [2.75, 3.05) is 19.5 Å². The van der Waals surface area contributed by atoms with Gasteiger partial charge in [0.15, 0.2) is 5.76 Å². The van der Waals surface area contributed by atoms with E-state index in [9.17, 15) is 13.2 Å². The second-order valence-electron chi connectivity index (χ2n) is 5.88. The van der Waals surface area contributed by atoms with Crippen LogP contribution in [0.2, 0.25) is 0 Å². The smallest absolute Gasteiger partial charge is 0.265 e. The van der Waals surface area contributed by atoms with Crippen LogP contribution in [0.5, 0.6) is 0 Å². The van der Waals surface area contributed by atoms with Gasteiger partial charge in [0.25, 0.3) is 10.0 Å². The van der Waals surface area contributed by atoms with Crippen LogP contribution in [-0.2, 0) is 14.8 Å². The number of aryl methyl sites for hydroxylation is 1. The lowest BCUT2D eigenvalue weighted by Gasteiger charge is -2.30. The third-order valence-corrected chi connectivity index (χ3v) is 6.12. The van der Waals surface area contributed by atoms with Crippen molar-refractivity contribution in [1.82, 2.24) is 4.31 Å². The molecule has 0 saturated carbocycles. The summed E-state index contributed by atoms with van der Waals surface area (Å²) in [5.41, 5.74) is 1.74. The summed E-state index contributed by atoms with van der Waals surface area (Å²) in [5, 5.41) is 0. The number of halogens is 1. The van der Waals surface area contributed by atoms with E-state index in [1.54, 1.807) is 42.5 Å². The van der Waals surface area contributed by atoms with Crippen LogP contribution in [0.3, 0.4) is 0 Å². The monoisotopic (exact) mass is 391 g/mol. The SMILES string of the molecule is Cc1ccc(C(=O)C2=C(OCCCl)c3ccccc3S(=O)(=O)N2C)cc1. The van der Waals surface area contributed by atoms with Crippen LogP contribution in [0.15, 0.2) is 59.1 Å². The van der Waals surface area contributed by atoms with E-state index in [1.165, 1.54) is 13.1 Å². The molecule has 0 bridgehead atoms. The van der Waals surface area contributed by atoms with Crippen LogP contribution >= 0.6 is 11.6 Å². The van der Waals surface area contributed by atoms with E-state index in [2.05, 4.69) is 0 Å². The van der Waals surface area contributed by atoms with Crippen molar-refractivity contribution in [3.8, 4) is 0 Å². The number of hydrogen-bond donors (Lipinski definition) is 0. The second-order valence-corrected chi connectivity index (χ2v) is 8.19. The minimum atomic E-state index is -3.85. The first-order valence-electron chi connectivity index (χ1n) is 8.00. The molecule has 0 aliphatic carbocycles. The molecule has 0 amide bonds. The molecule has 0 N–H and O–H groups in total. The summed E-state index contributed by atoms with van der Waals surface area (Å²) < 4.78 is 32.5. The predicted octanol–water partition coefficient (Wildman–Crippen LogP) is 3.44. The number of hydrogen-bond acceptors (Lipinski definition) is 4. The Kier molecular flexibility index (Phi) is 5.07. The molecule has 1 aliphatic heterocycles. The van der Waals surface area contributed by atoms with E-state index in [0.29, 0.717) is 11.1 Å². The van der Waals surface area contributed by atoms with Gasteiger partial charge in [-0.2, -0.15) is 0 Å². The lowest BCUT2D eigenvalue weighted by Crippen LogP contribution is -2.35. The number of fused-ring (bicyclic) bond motifs is 1. The van der Waals surface area contributed by atoms with E-state index < -0.39 is 15.8 Å². The highest BCUT2D eigenvalue weighted by Gasteiger charge is 2.38. The molecular formula is C19H18ClNO4S. The van der Waals surface area contributed by atoms with Crippen LogP contribution in [-0.4, -0.2) is 38.0 Å². The van der Waals surface area contributed by atoms with Gasteiger partial charge in [-0.1, -0.05) is 42.0 Å². The first-order chi connectivity index (χ1) is 12.4. The number of carbonyl (C=O) groups excluding carboxylic acids is 1. The molecule has 0 saturated heterocycles. The van der Waals surface area contributed by atoms with Gasteiger partial charge in [0, 0.05) is 18.2 Å². The van der Waals surface area contributed by atoms with Gasteiger partial charge in [-0.25, -0.2) is 8.42 Å². The summed E-state index contributed by atoms with van der Waals surface area (Å²) in [4.78, 5) is 13.2. The van der Waals surface area contributed by atoms with Gasteiger partial charge in [-0.3, -0.25) is 9.10 Å². The topological polar surface area (TPSA) is 63.7 Å². The molecule has 7 heteroatoms. The Morgan fingerprint density at radius 1 is 1.12 bits per heavy atom. The predicted molar refractivity (Wildman–Crippen MR) is 100 cm³/mol. The minimum Gasteiger partial charge on any atom is -0.489 e. The fraction of sp³-hybridized carbons (Fsp3) is 0.211. The Morgan fingerprint density at radius 2 is 1.77 bits per heavy atom. The number of ketones is 1. The molecule has 26 heavy (non-hydrogen) atoms. The molecule has 136 valence electrons. The molecule has 0 fully saturated rings. The van der Waals surface area contributed by atoms with Crippen LogP contribution in [0.4, 0.5) is 0 Å². The van der Waals surface area contributed by atoms with Gasteiger partial charge in [0.1, 0.15) is 12.3 Å². The first kappa shape index (κ1) is 18.5. The zero-order valence-corrected chi connectivity index (χ0v) is 16.0. The Bertz CT molecular complexity index is 981. The van der Waals surface area contributed by atoms with Gasteiger partial charge in [-0.05, 0) is 19.1 Å². The number of ether oxygens (including phenoxy) is 1. The van der Waals surface area contributed by atoms with Crippen LogP contribution in [0.1, 0.15) is 21.5 Å². The summed E-state index contributed by atoms with van der Waals surface area (Å²) in [6.45, 7) is 2.07. The molecule has 0 radical (unpaired) electrons. The maximum absolute atomic E-state index is 13.1. The average molecular weight is 392 g/mol. The number of alkyl halides is 1. The number of allylic oxidation sites excluding steroid dienone is 1. The van der Waals surface area contributed by atoms with Crippen LogP contribution < -0.4 is 0 Å². The van der Waals surface area contributed by atoms with Gasteiger partial charge in [0.2, 0.25) is 5.78 Å². The van der Waals surface area contributed by atoms with Crippen molar-refractivity contribution in [3.05, 3.63) is 70.9 Å². The zero-order chi connectivity index (χ0) is 18.9. The summed E-state index contributed by atoms with van der Waals surface area (Å²) in [6, 6.07) is 13.4. The Morgan fingerprint density at radius 3 is 2.42 bits per heavy atom. The number of nitrogens with zero attached hydrogens (tertiary/aromatic N) is 1. The van der Waals surface area contributed by atoms with Crippen LogP contribution in [0.25, 0.3) is 5.76 Å². The zero-order valence-electron chi connectivity index (χ0n) is 14.4. The number of benzene rings is 2. The molecule has 1 aliphatic rings. The normalized spacial score (nSPS) is 15.6. The Labute approximate surface area is 157 Å². The van der Waals surface area contributed by atoms with Crippen molar-refractivity contribution in [2.24, 2.45) is 0 Å². The molecule has 2 aromatic carbocycles. The number of Topliss-reactive ketones (excluding diaryl/α,β-unsaturated/α-hetero) is 1. The molecule has 0 atom stereocenters. The van der Waals surface area contributed by atoms with E-state index in [-0.39, 0.29) is 28.8 Å². The van der Waals surface area contributed by atoms with Crippen LogP contribution in [0, 0.1) is 6.92 Å². The van der Waals surface area contributed by atoms with Gasteiger partial charge in [0.05, 0.1) is 10.8 Å². The lowest BCUT2D eigenvalue weighted by molar-refractivity contribution is 0.101. The number of carbonyl (C=O) groups is 1. The minimum absolute atomic E-state index is 0.0160. The maximum atomic E-state index is 13.1. The van der Waals surface area contributed by atoms with E-state index in [1.807, 2.05) is 6.92 Å². The highest BCUT2D eigenvalue weighted by molar-refractivity contribution is 7.89. The van der Waals surface area contributed by atoms with Gasteiger partial charge in [-0.15, -0.1) is 11.6 Å². The Balaban J connectivity index is 2.24. The standard InChI is InChI=1S/C19H18ClNO4S/c1-13-7-9-14(10-8-13)18(22)17-19(25-12-11-20)15-5-3-4-6-16(15)26(23,24)21(17)2/h3-10H,11-12H2,1-2H3. The first-order valence-corrected chi connectivity index (χ1v) is 9.98. The summed E-state index contributed by atoms with van der Waals surface area (Å²) in [6.07, 6.45) is 0. The Hall–Kier alpha value is -2.31. The van der Waals surface area contributed by atoms with Gasteiger partial charge < -0.3 is 4.74 Å². The second kappa shape index (κ2) is 7.13. The number of rotatable bonds is 5. The van der Waals surface area contributed by atoms with Crippen molar-refractivity contribution in [1.29, 1.82) is 0 Å². The average Bonchev–Trinajstić information content (AvgIpc) is 2.64. The maximum Gasteiger partial charge on any atom is 0.265 e. The fourth-order valence-corrected chi connectivity index (χ4v) is 4.26.